The number of aromatic nitrogens is 1. The molecule has 0 unspecified atom stereocenters. The lowest BCUT2D eigenvalue weighted by Crippen LogP contribution is -2.44. The molecule has 7 rings (SSSR count). The van der Waals surface area contributed by atoms with Gasteiger partial charge in [-0.15, -0.1) is 0 Å². The molecule has 5 aromatic rings. The van der Waals surface area contributed by atoms with Crippen LogP contribution in [0.4, 0.5) is 10.5 Å². The number of aromatic amines is 1. The van der Waals surface area contributed by atoms with E-state index < -0.39 is 18.1 Å². The molecule has 208 valence electrons. The van der Waals surface area contributed by atoms with E-state index in [0.29, 0.717) is 30.0 Å². The second-order valence-corrected chi connectivity index (χ2v) is 10.5. The van der Waals surface area contributed by atoms with Crippen molar-refractivity contribution in [1.82, 2.24) is 15.2 Å². The van der Waals surface area contributed by atoms with Crippen LogP contribution < -0.4 is 15.0 Å². The lowest BCUT2D eigenvalue weighted by Gasteiger charge is -2.36. The van der Waals surface area contributed by atoms with Gasteiger partial charge >= 0.3 is 6.03 Å². The zero-order chi connectivity index (χ0) is 28.8. The number of anilines is 1. The summed E-state index contributed by atoms with van der Waals surface area (Å²) in [5.41, 5.74) is 5.62. The van der Waals surface area contributed by atoms with E-state index in [0.717, 1.165) is 33.3 Å². The molecule has 2 N–H and O–H groups in total. The number of amides is 4. The van der Waals surface area contributed by atoms with Crippen LogP contribution in [-0.4, -0.2) is 40.9 Å². The number of H-pyrrole nitrogens is 1. The third-order valence-electron chi connectivity index (χ3n) is 8.14. The molecular weight excluding hydrogens is 528 g/mol. The van der Waals surface area contributed by atoms with Crippen LogP contribution in [0.15, 0.2) is 103 Å². The lowest BCUT2D eigenvalue weighted by molar-refractivity contribution is -0.120. The van der Waals surface area contributed by atoms with E-state index in [1.165, 1.54) is 4.90 Å². The number of carbonyl (C=O) groups is 3. The number of benzene rings is 4. The van der Waals surface area contributed by atoms with Gasteiger partial charge in [0, 0.05) is 35.1 Å². The van der Waals surface area contributed by atoms with Crippen molar-refractivity contribution in [3.63, 3.8) is 0 Å². The molecule has 2 aliphatic heterocycles. The standard InChI is InChI=1S/C34H28N4O4/c1-42-25-11-7-10-23(18-25)31-30-27(26-12-5-6-13-28(26)36-30)19-29-33(40)37(34(41)38(29)31)24-16-14-22(15-17-24)32(39)35-20-21-8-3-2-4-9-21/h2-18,29,31,36H,19-20H2,1H3,(H,35,39)/t29-,31+/m0/s1. The maximum absolute atomic E-state index is 14.1. The van der Waals surface area contributed by atoms with Gasteiger partial charge in [0.25, 0.3) is 11.8 Å². The first-order valence-corrected chi connectivity index (χ1v) is 13.9. The number of nitrogens with one attached hydrogen (secondary N) is 2. The number of para-hydroxylation sites is 1. The molecule has 0 bridgehead atoms. The number of ether oxygens (including phenoxy) is 1. The fraction of sp³-hybridized carbons (Fsp3) is 0.147. The Hall–Kier alpha value is -5.37. The summed E-state index contributed by atoms with van der Waals surface area (Å²) in [5.74, 6) is 0.152. The Balaban J connectivity index is 1.21. The van der Waals surface area contributed by atoms with Gasteiger partial charge in [-0.1, -0.05) is 60.7 Å². The van der Waals surface area contributed by atoms with Crippen LogP contribution in [0.2, 0.25) is 0 Å². The summed E-state index contributed by atoms with van der Waals surface area (Å²) in [6.07, 6.45) is 0.404. The normalized spacial score (nSPS) is 17.7. The molecule has 2 atom stereocenters. The fourth-order valence-corrected chi connectivity index (χ4v) is 6.11. The van der Waals surface area contributed by atoms with Crippen LogP contribution in [0.25, 0.3) is 10.9 Å². The second-order valence-electron chi connectivity index (χ2n) is 10.5. The monoisotopic (exact) mass is 556 g/mol. The van der Waals surface area contributed by atoms with Gasteiger partial charge < -0.3 is 15.0 Å². The van der Waals surface area contributed by atoms with E-state index in [1.54, 1.807) is 36.3 Å². The van der Waals surface area contributed by atoms with E-state index in [-0.39, 0.29) is 11.8 Å². The Bertz CT molecular complexity index is 1830. The molecule has 0 spiro atoms. The summed E-state index contributed by atoms with van der Waals surface area (Å²) in [6.45, 7) is 0.404. The molecule has 4 amide bonds. The number of methoxy groups -OCH3 is 1. The first-order chi connectivity index (χ1) is 20.5. The lowest BCUT2D eigenvalue weighted by atomic mass is 9.89. The van der Waals surface area contributed by atoms with Crippen molar-refractivity contribution in [2.45, 2.75) is 25.0 Å². The van der Waals surface area contributed by atoms with Crippen LogP contribution in [0.5, 0.6) is 5.75 Å². The number of rotatable bonds is 6. The number of hydrogen-bond acceptors (Lipinski definition) is 4. The van der Waals surface area contributed by atoms with E-state index in [4.69, 9.17) is 4.74 Å². The molecule has 3 heterocycles. The van der Waals surface area contributed by atoms with Gasteiger partial charge in [0.2, 0.25) is 0 Å². The highest BCUT2D eigenvalue weighted by atomic mass is 16.5. The third kappa shape index (κ3) is 4.19. The zero-order valence-corrected chi connectivity index (χ0v) is 22.9. The number of nitrogens with zero attached hydrogens (tertiary/aromatic N) is 2. The minimum Gasteiger partial charge on any atom is -0.497 e. The predicted molar refractivity (Wildman–Crippen MR) is 159 cm³/mol. The largest absolute Gasteiger partial charge is 0.497 e. The average molecular weight is 557 g/mol. The van der Waals surface area contributed by atoms with Crippen molar-refractivity contribution >= 4 is 34.4 Å². The van der Waals surface area contributed by atoms with Crippen molar-refractivity contribution < 1.29 is 19.1 Å². The summed E-state index contributed by atoms with van der Waals surface area (Å²) in [6, 6.07) is 30.3. The summed E-state index contributed by atoms with van der Waals surface area (Å²) in [7, 11) is 1.61. The number of fused-ring (bicyclic) bond motifs is 4. The Morgan fingerprint density at radius 2 is 1.69 bits per heavy atom. The van der Waals surface area contributed by atoms with E-state index in [1.807, 2.05) is 78.9 Å². The maximum atomic E-state index is 14.1. The number of hydrogen-bond donors (Lipinski definition) is 2. The van der Waals surface area contributed by atoms with Crippen LogP contribution >= 0.6 is 0 Å². The molecule has 2 aliphatic rings. The van der Waals surface area contributed by atoms with E-state index in [2.05, 4.69) is 10.3 Å². The summed E-state index contributed by atoms with van der Waals surface area (Å²) in [4.78, 5) is 47.3. The second kappa shape index (κ2) is 10.2. The van der Waals surface area contributed by atoms with Crippen molar-refractivity contribution in [2.75, 3.05) is 12.0 Å². The molecule has 8 heteroatoms. The smallest absolute Gasteiger partial charge is 0.332 e. The molecule has 1 saturated heterocycles. The Kier molecular flexibility index (Phi) is 6.23. The average Bonchev–Trinajstić information content (AvgIpc) is 3.53. The van der Waals surface area contributed by atoms with Crippen LogP contribution in [0.3, 0.4) is 0 Å². The van der Waals surface area contributed by atoms with Gasteiger partial charge in [-0.05, 0) is 59.2 Å². The van der Waals surface area contributed by atoms with Crippen molar-refractivity contribution in [3.8, 4) is 5.75 Å². The molecule has 8 nitrogen and oxygen atoms in total. The topological polar surface area (TPSA) is 94.7 Å². The van der Waals surface area contributed by atoms with Gasteiger partial charge in [-0.3, -0.25) is 14.5 Å². The van der Waals surface area contributed by atoms with E-state index in [9.17, 15) is 14.4 Å². The molecule has 0 radical (unpaired) electrons. The SMILES string of the molecule is COc1cccc([C@@H]2c3[nH]c4ccccc4c3C[C@H]3C(=O)N(c4ccc(C(=O)NCc5ccccc5)cc4)C(=O)N23)c1. The zero-order valence-electron chi connectivity index (χ0n) is 22.9. The van der Waals surface area contributed by atoms with Crippen LogP contribution in [0.1, 0.15) is 38.8 Å². The molecule has 1 fully saturated rings. The van der Waals surface area contributed by atoms with Crippen molar-refractivity contribution in [3.05, 3.63) is 131 Å². The Morgan fingerprint density at radius 1 is 0.929 bits per heavy atom. The fourth-order valence-electron chi connectivity index (χ4n) is 6.11. The van der Waals surface area contributed by atoms with Gasteiger partial charge in [0.05, 0.1) is 12.8 Å². The van der Waals surface area contributed by atoms with Crippen LogP contribution in [-0.2, 0) is 17.8 Å². The molecule has 0 aliphatic carbocycles. The number of imide groups is 1. The predicted octanol–water partition coefficient (Wildman–Crippen LogP) is 5.59. The first kappa shape index (κ1) is 25.6. The van der Waals surface area contributed by atoms with Gasteiger partial charge in [-0.25, -0.2) is 9.69 Å². The highest BCUT2D eigenvalue weighted by Gasteiger charge is 2.53. The highest BCUT2D eigenvalue weighted by molar-refractivity contribution is 6.22. The molecule has 1 aromatic heterocycles. The van der Waals surface area contributed by atoms with Crippen molar-refractivity contribution in [2.24, 2.45) is 0 Å². The Labute approximate surface area is 242 Å². The van der Waals surface area contributed by atoms with Gasteiger partial charge in [-0.2, -0.15) is 0 Å². The maximum Gasteiger partial charge on any atom is 0.332 e. The van der Waals surface area contributed by atoms with Crippen molar-refractivity contribution in [1.29, 1.82) is 0 Å². The quantitative estimate of drug-likeness (QED) is 0.267. The molecular formula is C34H28N4O4. The third-order valence-corrected chi connectivity index (χ3v) is 8.14. The summed E-state index contributed by atoms with van der Waals surface area (Å²) >= 11 is 0. The molecule has 0 saturated carbocycles. The summed E-state index contributed by atoms with van der Waals surface area (Å²) < 4.78 is 5.49. The highest BCUT2D eigenvalue weighted by Crippen LogP contribution is 2.45. The number of carbonyl (C=O) groups excluding carboxylic acids is 3. The minimum atomic E-state index is -0.672. The van der Waals surface area contributed by atoms with Crippen LogP contribution in [0, 0.1) is 0 Å². The van der Waals surface area contributed by atoms with Gasteiger partial charge in [0.15, 0.2) is 0 Å². The van der Waals surface area contributed by atoms with Gasteiger partial charge in [0.1, 0.15) is 17.8 Å². The Morgan fingerprint density at radius 3 is 2.48 bits per heavy atom. The summed E-state index contributed by atoms with van der Waals surface area (Å²) in [5, 5.41) is 3.96. The minimum absolute atomic E-state index is 0.231. The molecule has 42 heavy (non-hydrogen) atoms. The number of urea groups is 1. The molecule has 4 aromatic carbocycles. The first-order valence-electron chi connectivity index (χ1n) is 13.9. The van der Waals surface area contributed by atoms with E-state index >= 15 is 0 Å².